The molecule has 0 atom stereocenters. The van der Waals surface area contributed by atoms with Crippen molar-refractivity contribution in [3.8, 4) is 34.0 Å². The van der Waals surface area contributed by atoms with Gasteiger partial charge in [-0.1, -0.05) is 12.1 Å². The summed E-state index contributed by atoms with van der Waals surface area (Å²) in [5.41, 5.74) is 5.09. The normalized spacial score (nSPS) is 11.4. The van der Waals surface area contributed by atoms with E-state index in [2.05, 4.69) is 46.5 Å². The number of urea groups is 1. The molecular weight excluding hydrogens is 528 g/mol. The fourth-order valence-corrected chi connectivity index (χ4v) is 4.46. The molecule has 0 unspecified atom stereocenters. The van der Waals surface area contributed by atoms with Crippen LogP contribution < -0.4 is 15.4 Å². The predicted molar refractivity (Wildman–Crippen MR) is 164 cm³/mol. The lowest BCUT2D eigenvalue weighted by Crippen LogP contribution is -2.22. The van der Waals surface area contributed by atoms with Gasteiger partial charge in [0.05, 0.1) is 28.6 Å². The highest BCUT2D eigenvalue weighted by Crippen LogP contribution is 2.31. The molecule has 4 heterocycles. The monoisotopic (exact) mass is 558 g/mol. The van der Waals surface area contributed by atoms with Crippen LogP contribution in [0.4, 0.5) is 16.2 Å². The second-order valence-corrected chi connectivity index (χ2v) is 10.9. The largest absolute Gasteiger partial charge is 0.457 e. The van der Waals surface area contributed by atoms with Crippen LogP contribution in [0.25, 0.3) is 33.4 Å². The van der Waals surface area contributed by atoms with Gasteiger partial charge < -0.3 is 15.4 Å². The fourth-order valence-electron chi connectivity index (χ4n) is 4.46. The molecule has 4 aromatic heterocycles. The number of pyridine rings is 2. The summed E-state index contributed by atoms with van der Waals surface area (Å²) in [4.78, 5) is 21.9. The van der Waals surface area contributed by atoms with E-state index < -0.39 is 0 Å². The quantitative estimate of drug-likeness (QED) is 0.226. The third-order valence-corrected chi connectivity index (χ3v) is 6.61. The Morgan fingerprint density at radius 1 is 0.857 bits per heavy atom. The zero-order valence-electron chi connectivity index (χ0n) is 23.7. The average Bonchev–Trinajstić information content (AvgIpc) is 3.60. The summed E-state index contributed by atoms with van der Waals surface area (Å²) in [5, 5.41) is 15.9. The molecule has 10 nitrogen and oxygen atoms in total. The van der Waals surface area contributed by atoms with Crippen molar-refractivity contribution in [3.63, 3.8) is 0 Å². The Morgan fingerprint density at radius 3 is 2.45 bits per heavy atom. The number of nitrogens with one attached hydrogen (secondary N) is 2. The Labute approximate surface area is 243 Å². The topological polar surface area (TPSA) is 112 Å². The van der Waals surface area contributed by atoms with Crippen molar-refractivity contribution in [1.82, 2.24) is 29.5 Å². The summed E-state index contributed by atoms with van der Waals surface area (Å²) in [7, 11) is 1.86. The van der Waals surface area contributed by atoms with Crippen molar-refractivity contribution in [2.24, 2.45) is 7.05 Å². The van der Waals surface area contributed by atoms with Gasteiger partial charge in [-0.2, -0.15) is 10.2 Å². The highest BCUT2D eigenvalue weighted by Gasteiger charge is 2.21. The molecule has 0 aliphatic carbocycles. The third kappa shape index (κ3) is 5.83. The summed E-state index contributed by atoms with van der Waals surface area (Å²) in [6, 6.07) is 20.3. The zero-order chi connectivity index (χ0) is 29.3. The molecule has 0 aliphatic rings. The maximum Gasteiger partial charge on any atom is 0.323 e. The molecule has 0 radical (unpaired) electrons. The van der Waals surface area contributed by atoms with Gasteiger partial charge in [-0.15, -0.1) is 0 Å². The van der Waals surface area contributed by atoms with Gasteiger partial charge in [-0.25, -0.2) is 4.79 Å². The zero-order valence-corrected chi connectivity index (χ0v) is 23.7. The first-order valence-corrected chi connectivity index (χ1v) is 13.5. The highest BCUT2D eigenvalue weighted by atomic mass is 16.5. The Morgan fingerprint density at radius 2 is 1.69 bits per heavy atom. The second-order valence-electron chi connectivity index (χ2n) is 10.9. The van der Waals surface area contributed by atoms with E-state index in [-0.39, 0.29) is 11.6 Å². The van der Waals surface area contributed by atoms with Gasteiger partial charge in [-0.3, -0.25) is 19.3 Å². The van der Waals surface area contributed by atoms with E-state index in [1.54, 1.807) is 53.6 Å². The fraction of sp³-hybridized carbons (Fsp3) is 0.156. The average molecular weight is 559 g/mol. The number of fused-ring (bicyclic) bond motifs is 1. The molecule has 42 heavy (non-hydrogen) atoms. The van der Waals surface area contributed by atoms with Gasteiger partial charge >= 0.3 is 6.03 Å². The van der Waals surface area contributed by atoms with E-state index in [1.165, 1.54) is 0 Å². The SMILES string of the molecule is Cn1cc(-c2cc(Oc3ccc(NC(=O)Nc4cn(C(C)(C)C)nc4-c4ccc5ncccc5c4)cc3)ccn2)cn1. The summed E-state index contributed by atoms with van der Waals surface area (Å²) in [6.45, 7) is 6.19. The smallest absolute Gasteiger partial charge is 0.323 e. The number of amides is 2. The first kappa shape index (κ1) is 26.7. The lowest BCUT2D eigenvalue weighted by Gasteiger charge is -2.18. The maximum atomic E-state index is 13.1. The number of carbonyl (C=O) groups is 1. The number of rotatable bonds is 6. The highest BCUT2D eigenvalue weighted by molar-refractivity contribution is 6.02. The van der Waals surface area contributed by atoms with Crippen LogP contribution in [0.5, 0.6) is 11.5 Å². The molecule has 0 spiro atoms. The number of ether oxygens (including phenoxy) is 1. The minimum Gasteiger partial charge on any atom is -0.457 e. The van der Waals surface area contributed by atoms with Gasteiger partial charge in [0.1, 0.15) is 17.2 Å². The first-order chi connectivity index (χ1) is 20.2. The van der Waals surface area contributed by atoms with Crippen LogP contribution in [0.3, 0.4) is 0 Å². The van der Waals surface area contributed by atoms with Gasteiger partial charge in [0.25, 0.3) is 0 Å². The van der Waals surface area contributed by atoms with Crippen molar-refractivity contribution >= 4 is 28.3 Å². The van der Waals surface area contributed by atoms with Crippen LogP contribution >= 0.6 is 0 Å². The number of aromatic nitrogens is 6. The number of anilines is 2. The summed E-state index contributed by atoms with van der Waals surface area (Å²) in [6.07, 6.45) is 8.98. The Kier molecular flexibility index (Phi) is 6.87. The molecule has 10 heteroatoms. The van der Waals surface area contributed by atoms with E-state index in [0.29, 0.717) is 28.6 Å². The number of aryl methyl sites for hydroxylation is 1. The van der Waals surface area contributed by atoms with Crippen LogP contribution in [0.2, 0.25) is 0 Å². The van der Waals surface area contributed by atoms with Crippen LogP contribution in [0.1, 0.15) is 20.8 Å². The van der Waals surface area contributed by atoms with Crippen molar-refractivity contribution in [2.75, 3.05) is 10.6 Å². The van der Waals surface area contributed by atoms with Crippen LogP contribution in [0.15, 0.2) is 97.7 Å². The molecule has 0 aliphatic heterocycles. The standard InChI is InChI=1S/C32H30N8O2/c1-32(2,3)40-20-29(30(38-40)22-7-12-27-21(16-22)6-5-14-33-27)37-31(41)36-24-8-10-25(11-9-24)42-26-13-15-34-28(17-26)23-18-35-39(4)19-23/h5-20H,1-4H3,(H2,36,37,41). The van der Waals surface area contributed by atoms with E-state index in [4.69, 9.17) is 9.84 Å². The molecule has 0 saturated carbocycles. The number of carbonyl (C=O) groups excluding carboxylic acids is 1. The Hall–Kier alpha value is -5.51. The van der Waals surface area contributed by atoms with Gasteiger partial charge in [0.2, 0.25) is 0 Å². The Balaban J connectivity index is 1.16. The molecule has 0 bridgehead atoms. The van der Waals surface area contributed by atoms with Gasteiger partial charge in [0.15, 0.2) is 0 Å². The van der Waals surface area contributed by atoms with Gasteiger partial charge in [0, 0.05) is 60.1 Å². The molecule has 0 fully saturated rings. The first-order valence-electron chi connectivity index (χ1n) is 13.5. The van der Waals surface area contributed by atoms with E-state index in [1.807, 2.05) is 60.5 Å². The lowest BCUT2D eigenvalue weighted by molar-refractivity contribution is 0.262. The van der Waals surface area contributed by atoms with Crippen molar-refractivity contribution in [3.05, 3.63) is 97.7 Å². The number of benzene rings is 2. The van der Waals surface area contributed by atoms with Crippen LogP contribution in [0, 0.1) is 0 Å². The predicted octanol–water partition coefficient (Wildman–Crippen LogP) is 7.09. The molecule has 2 amide bonds. The van der Waals surface area contributed by atoms with Gasteiger partial charge in [-0.05, 0) is 69.3 Å². The van der Waals surface area contributed by atoms with Crippen molar-refractivity contribution in [1.29, 1.82) is 0 Å². The van der Waals surface area contributed by atoms with Crippen molar-refractivity contribution < 1.29 is 9.53 Å². The summed E-state index contributed by atoms with van der Waals surface area (Å²) in [5.74, 6) is 1.28. The van der Waals surface area contributed by atoms with E-state index in [0.717, 1.165) is 27.7 Å². The lowest BCUT2D eigenvalue weighted by atomic mass is 10.1. The number of nitrogens with zero attached hydrogens (tertiary/aromatic N) is 6. The van der Waals surface area contributed by atoms with Crippen LogP contribution in [-0.4, -0.2) is 35.6 Å². The molecule has 6 aromatic rings. The molecule has 0 saturated heterocycles. The number of hydrogen-bond donors (Lipinski definition) is 2. The molecule has 2 aromatic carbocycles. The number of hydrogen-bond acceptors (Lipinski definition) is 6. The molecule has 2 N–H and O–H groups in total. The second kappa shape index (κ2) is 10.8. The minimum absolute atomic E-state index is 0.271. The molecular formula is C32H30N8O2. The summed E-state index contributed by atoms with van der Waals surface area (Å²) < 4.78 is 9.61. The minimum atomic E-state index is -0.379. The van der Waals surface area contributed by atoms with E-state index >= 15 is 0 Å². The molecule has 6 rings (SSSR count). The molecule has 210 valence electrons. The summed E-state index contributed by atoms with van der Waals surface area (Å²) >= 11 is 0. The van der Waals surface area contributed by atoms with Crippen molar-refractivity contribution in [2.45, 2.75) is 26.3 Å². The van der Waals surface area contributed by atoms with E-state index in [9.17, 15) is 4.79 Å². The third-order valence-electron chi connectivity index (χ3n) is 6.61. The Bertz CT molecular complexity index is 1880. The maximum absolute atomic E-state index is 13.1. The van der Waals surface area contributed by atoms with Crippen LogP contribution in [-0.2, 0) is 12.6 Å².